The summed E-state index contributed by atoms with van der Waals surface area (Å²) in [5.74, 6) is -1.18. The minimum Gasteiger partial charge on any atom is -0.465 e. The monoisotopic (exact) mass is 320 g/mol. The Bertz CT molecular complexity index is 800. The maximum absolute atomic E-state index is 12.4. The number of hydrogen-bond acceptors (Lipinski definition) is 6. The molecule has 1 aromatic carbocycles. The Kier molecular flexibility index (Phi) is 4.09. The number of nitro groups is 1. The van der Waals surface area contributed by atoms with Crippen molar-refractivity contribution in [3.05, 3.63) is 39.9 Å². The van der Waals surface area contributed by atoms with Crippen molar-refractivity contribution in [1.29, 1.82) is 0 Å². The van der Waals surface area contributed by atoms with E-state index in [1.54, 1.807) is 32.9 Å². The quantitative estimate of drug-likeness (QED) is 0.479. The van der Waals surface area contributed by atoms with E-state index in [1.807, 2.05) is 0 Å². The summed E-state index contributed by atoms with van der Waals surface area (Å²) in [5.41, 5.74) is -0.717. The fraction of sp³-hybridized carbons (Fsp3) is 0.333. The molecule has 2 aromatic rings. The van der Waals surface area contributed by atoms with Crippen LogP contribution in [0.2, 0.25) is 0 Å². The first-order chi connectivity index (χ1) is 10.7. The first kappa shape index (κ1) is 16.5. The molecule has 8 nitrogen and oxygen atoms in total. The van der Waals surface area contributed by atoms with Crippen LogP contribution in [0.25, 0.3) is 10.9 Å². The lowest BCUT2D eigenvalue weighted by atomic mass is 10.1. The van der Waals surface area contributed by atoms with Gasteiger partial charge in [-0.25, -0.2) is 4.79 Å². The molecule has 0 aliphatic heterocycles. The van der Waals surface area contributed by atoms with E-state index in [0.29, 0.717) is 5.39 Å². The van der Waals surface area contributed by atoms with E-state index >= 15 is 0 Å². The Labute approximate surface area is 131 Å². The van der Waals surface area contributed by atoms with Crippen LogP contribution in [0.4, 0.5) is 10.6 Å². The summed E-state index contributed by atoms with van der Waals surface area (Å²) in [7, 11) is 1.19. The molecular formula is C15H16N2O6. The lowest BCUT2D eigenvalue weighted by Gasteiger charge is -2.18. The summed E-state index contributed by atoms with van der Waals surface area (Å²) in [6.07, 6.45) is -0.935. The number of fused-ring (bicyclic) bond motifs is 1. The van der Waals surface area contributed by atoms with E-state index in [-0.39, 0.29) is 11.1 Å². The normalized spacial score (nSPS) is 11.3. The maximum atomic E-state index is 12.4. The fourth-order valence-electron chi connectivity index (χ4n) is 2.15. The van der Waals surface area contributed by atoms with E-state index in [0.717, 1.165) is 4.57 Å². The van der Waals surface area contributed by atoms with Crippen molar-refractivity contribution in [3.63, 3.8) is 0 Å². The van der Waals surface area contributed by atoms with Crippen molar-refractivity contribution in [2.24, 2.45) is 0 Å². The molecule has 0 aliphatic rings. The number of ether oxygens (including phenoxy) is 2. The molecule has 0 bridgehead atoms. The Morgan fingerprint density at radius 1 is 1.26 bits per heavy atom. The van der Waals surface area contributed by atoms with Crippen LogP contribution < -0.4 is 0 Å². The molecule has 0 fully saturated rings. The van der Waals surface area contributed by atoms with Gasteiger partial charge in [-0.2, -0.15) is 4.79 Å². The van der Waals surface area contributed by atoms with Crippen molar-refractivity contribution < 1.29 is 24.0 Å². The highest BCUT2D eigenvalue weighted by Crippen LogP contribution is 2.29. The molecule has 1 heterocycles. The van der Waals surface area contributed by atoms with Crippen LogP contribution in [-0.4, -0.2) is 34.3 Å². The van der Waals surface area contributed by atoms with E-state index in [2.05, 4.69) is 4.74 Å². The van der Waals surface area contributed by atoms with Gasteiger partial charge in [0.1, 0.15) is 11.2 Å². The maximum Gasteiger partial charge on any atom is 0.513 e. The zero-order valence-corrected chi connectivity index (χ0v) is 13.2. The number of carbonyl (C=O) groups is 2. The first-order valence-corrected chi connectivity index (χ1v) is 6.76. The van der Waals surface area contributed by atoms with E-state index < -0.39 is 28.4 Å². The third-order valence-corrected chi connectivity index (χ3v) is 2.97. The predicted molar refractivity (Wildman–Crippen MR) is 81.6 cm³/mol. The van der Waals surface area contributed by atoms with E-state index in [9.17, 15) is 19.7 Å². The largest absolute Gasteiger partial charge is 0.513 e. The van der Waals surface area contributed by atoms with E-state index in [1.165, 1.54) is 19.2 Å². The van der Waals surface area contributed by atoms with Gasteiger partial charge in [0, 0.05) is 11.5 Å². The summed E-state index contributed by atoms with van der Waals surface area (Å²) in [6.45, 7) is 4.93. The molecule has 8 heteroatoms. The molecule has 0 aliphatic carbocycles. The second-order valence-corrected chi connectivity index (χ2v) is 5.81. The van der Waals surface area contributed by atoms with Gasteiger partial charge in [0.05, 0.1) is 7.11 Å². The summed E-state index contributed by atoms with van der Waals surface area (Å²) < 4.78 is 10.7. The van der Waals surface area contributed by atoms with Crippen LogP contribution in [0.5, 0.6) is 0 Å². The van der Waals surface area contributed by atoms with Gasteiger partial charge < -0.3 is 19.6 Å². The number of benzene rings is 1. The molecule has 0 radical (unpaired) electrons. The third-order valence-electron chi connectivity index (χ3n) is 2.97. The van der Waals surface area contributed by atoms with Gasteiger partial charge in [0.2, 0.25) is 0 Å². The lowest BCUT2D eigenvalue weighted by Crippen LogP contribution is -2.28. The Hall–Kier alpha value is -2.90. The highest BCUT2D eigenvalue weighted by molar-refractivity contribution is 6.07. The zero-order valence-electron chi connectivity index (χ0n) is 13.2. The van der Waals surface area contributed by atoms with Gasteiger partial charge in [-0.15, -0.1) is 4.57 Å². The number of rotatable bonds is 2. The zero-order chi connectivity index (χ0) is 17.4. The third kappa shape index (κ3) is 3.15. The van der Waals surface area contributed by atoms with Crippen molar-refractivity contribution in [1.82, 2.24) is 4.57 Å². The average Bonchev–Trinajstić information content (AvgIpc) is 2.84. The molecule has 0 atom stereocenters. The number of para-hydroxylation sites is 1. The smallest absolute Gasteiger partial charge is 0.465 e. The topological polar surface area (TPSA) is 101 Å². The van der Waals surface area contributed by atoms with Crippen LogP contribution in [0, 0.1) is 10.1 Å². The van der Waals surface area contributed by atoms with Crippen LogP contribution in [0.1, 0.15) is 31.1 Å². The van der Waals surface area contributed by atoms with Crippen molar-refractivity contribution in [2.45, 2.75) is 26.4 Å². The number of hydrogen-bond donors (Lipinski definition) is 0. The Balaban J connectivity index is 2.78. The van der Waals surface area contributed by atoms with Gasteiger partial charge in [0.25, 0.3) is 0 Å². The summed E-state index contributed by atoms with van der Waals surface area (Å²) in [6, 6.07) is 5.76. The lowest BCUT2D eigenvalue weighted by molar-refractivity contribution is -0.390. The van der Waals surface area contributed by atoms with Gasteiger partial charge >= 0.3 is 17.9 Å². The minimum absolute atomic E-state index is 0.0453. The van der Waals surface area contributed by atoms with Crippen LogP contribution in [0.3, 0.4) is 0 Å². The summed E-state index contributed by atoms with van der Waals surface area (Å²) >= 11 is 0. The SMILES string of the molecule is COC(=O)c1cccc2cc([N+](=O)[O-])n(C(=O)OC(C)(C)C)c12. The van der Waals surface area contributed by atoms with Gasteiger partial charge in [-0.1, -0.05) is 12.1 Å². The molecule has 0 unspecified atom stereocenters. The Morgan fingerprint density at radius 3 is 2.43 bits per heavy atom. The van der Waals surface area contributed by atoms with Crippen LogP contribution >= 0.6 is 0 Å². The Morgan fingerprint density at radius 2 is 1.91 bits per heavy atom. The molecule has 1 aromatic heterocycles. The number of aromatic nitrogens is 1. The average molecular weight is 320 g/mol. The molecule has 0 amide bonds. The molecule has 23 heavy (non-hydrogen) atoms. The van der Waals surface area contributed by atoms with E-state index in [4.69, 9.17) is 4.74 Å². The highest BCUT2D eigenvalue weighted by Gasteiger charge is 2.32. The highest BCUT2D eigenvalue weighted by atomic mass is 16.6. The molecule has 0 N–H and O–H groups in total. The number of carbonyl (C=O) groups excluding carboxylic acids is 2. The van der Waals surface area contributed by atoms with Crippen LogP contribution in [0.15, 0.2) is 24.3 Å². The molecule has 0 saturated carbocycles. The van der Waals surface area contributed by atoms with Crippen molar-refractivity contribution >= 4 is 28.8 Å². The standard InChI is InChI=1S/C15H16N2O6/c1-15(2,3)23-14(19)16-11(17(20)21)8-9-6-5-7-10(12(9)16)13(18)22-4/h5-8H,1-4H3. The van der Waals surface area contributed by atoms with Gasteiger partial charge in [-0.3, -0.25) is 0 Å². The number of nitrogens with zero attached hydrogens (tertiary/aromatic N) is 2. The number of methoxy groups -OCH3 is 1. The summed E-state index contributed by atoms with van der Waals surface area (Å²) in [5, 5.41) is 11.6. The first-order valence-electron chi connectivity index (χ1n) is 6.76. The van der Waals surface area contributed by atoms with Crippen LogP contribution in [-0.2, 0) is 9.47 Å². The fourth-order valence-corrected chi connectivity index (χ4v) is 2.15. The molecule has 2 rings (SSSR count). The van der Waals surface area contributed by atoms with Crippen molar-refractivity contribution in [2.75, 3.05) is 7.11 Å². The second-order valence-electron chi connectivity index (χ2n) is 5.81. The molecule has 0 saturated heterocycles. The molecule has 0 spiro atoms. The number of esters is 1. The molecule has 122 valence electrons. The second kappa shape index (κ2) is 5.71. The minimum atomic E-state index is -0.935. The van der Waals surface area contributed by atoms with Gasteiger partial charge in [-0.05, 0) is 31.8 Å². The summed E-state index contributed by atoms with van der Waals surface area (Å²) in [4.78, 5) is 34.9. The molecular weight excluding hydrogens is 304 g/mol. The van der Waals surface area contributed by atoms with Crippen molar-refractivity contribution in [3.8, 4) is 0 Å². The van der Waals surface area contributed by atoms with Gasteiger partial charge in [0.15, 0.2) is 5.52 Å². The predicted octanol–water partition coefficient (Wildman–Crippen LogP) is 3.12.